The van der Waals surface area contributed by atoms with Gasteiger partial charge in [0.2, 0.25) is 5.91 Å². The van der Waals surface area contributed by atoms with Crippen LogP contribution < -0.4 is 4.90 Å². The number of nitrogens with one attached hydrogen (secondary N) is 1. The third kappa shape index (κ3) is 4.35. The Kier molecular flexibility index (Phi) is 5.71. The normalized spacial score (nSPS) is 26.7. The van der Waals surface area contributed by atoms with E-state index in [1.165, 1.54) is 31.4 Å². The minimum Gasteiger partial charge on any atom is -0.342 e. The summed E-state index contributed by atoms with van der Waals surface area (Å²) in [6, 6.07) is 10.8. The number of benzene rings is 1. The largest absolute Gasteiger partial charge is 0.342 e. The van der Waals surface area contributed by atoms with Gasteiger partial charge in [0.15, 0.2) is 0 Å². The predicted molar refractivity (Wildman–Crippen MR) is 93.6 cm³/mol. The van der Waals surface area contributed by atoms with Crippen LogP contribution in [-0.4, -0.2) is 43.5 Å². The Morgan fingerprint density at radius 1 is 1.13 bits per heavy atom. The second-order valence-electron chi connectivity index (χ2n) is 7.43. The molecule has 1 N–H and O–H groups in total. The third-order valence-corrected chi connectivity index (χ3v) is 5.67. The number of hydrogen-bond donors (Lipinski definition) is 1. The molecule has 1 aromatic rings. The summed E-state index contributed by atoms with van der Waals surface area (Å²) in [4.78, 5) is 16.4. The highest BCUT2D eigenvalue weighted by Crippen LogP contribution is 2.18. The summed E-state index contributed by atoms with van der Waals surface area (Å²) in [6.45, 7) is 7.82. The molecular formula is C20H31N2O+. The van der Waals surface area contributed by atoms with Gasteiger partial charge in [0.25, 0.3) is 0 Å². The first-order valence-electron chi connectivity index (χ1n) is 9.41. The average Bonchev–Trinajstić information content (AvgIpc) is 2.63. The fourth-order valence-corrected chi connectivity index (χ4v) is 4.18. The molecule has 2 saturated heterocycles. The van der Waals surface area contributed by atoms with Gasteiger partial charge < -0.3 is 9.80 Å². The predicted octanol–water partition coefficient (Wildman–Crippen LogP) is 2.10. The van der Waals surface area contributed by atoms with Crippen LogP contribution in [0.3, 0.4) is 0 Å². The topological polar surface area (TPSA) is 24.8 Å². The van der Waals surface area contributed by atoms with Crippen molar-refractivity contribution in [3.63, 3.8) is 0 Å². The second-order valence-corrected chi connectivity index (χ2v) is 7.43. The maximum Gasteiger partial charge on any atom is 0.226 e. The third-order valence-electron chi connectivity index (χ3n) is 5.67. The molecule has 1 amide bonds. The summed E-state index contributed by atoms with van der Waals surface area (Å²) in [5.74, 6) is 1.34. The fourth-order valence-electron chi connectivity index (χ4n) is 4.18. The number of amides is 1. The summed E-state index contributed by atoms with van der Waals surface area (Å²) < 4.78 is 0. The summed E-state index contributed by atoms with van der Waals surface area (Å²) in [7, 11) is 0. The van der Waals surface area contributed by atoms with E-state index in [9.17, 15) is 4.79 Å². The van der Waals surface area contributed by atoms with Crippen LogP contribution in [0.25, 0.3) is 0 Å². The molecule has 0 saturated carbocycles. The van der Waals surface area contributed by atoms with Gasteiger partial charge in [0, 0.05) is 37.8 Å². The summed E-state index contributed by atoms with van der Waals surface area (Å²) in [5, 5.41) is 0. The second kappa shape index (κ2) is 7.96. The van der Waals surface area contributed by atoms with Gasteiger partial charge >= 0.3 is 0 Å². The zero-order chi connectivity index (χ0) is 16.1. The Morgan fingerprint density at radius 3 is 2.43 bits per heavy atom. The van der Waals surface area contributed by atoms with Crippen LogP contribution in [0.2, 0.25) is 0 Å². The quantitative estimate of drug-likeness (QED) is 0.904. The molecule has 23 heavy (non-hydrogen) atoms. The van der Waals surface area contributed by atoms with Crippen LogP contribution in [0.4, 0.5) is 0 Å². The van der Waals surface area contributed by atoms with Crippen LogP contribution >= 0.6 is 0 Å². The SMILES string of the molecule is C[C@@H](C[NH+]1CCC(C(=O)N2CCCCC2)CC1)c1ccccc1. The van der Waals surface area contributed by atoms with Gasteiger partial charge in [-0.25, -0.2) is 0 Å². The zero-order valence-electron chi connectivity index (χ0n) is 14.5. The molecule has 0 aromatic heterocycles. The Balaban J connectivity index is 1.45. The van der Waals surface area contributed by atoms with Gasteiger partial charge in [-0.05, 0) is 24.8 Å². The van der Waals surface area contributed by atoms with Gasteiger partial charge in [0.05, 0.1) is 19.6 Å². The number of quaternary nitrogens is 1. The molecule has 0 radical (unpaired) electrons. The summed E-state index contributed by atoms with van der Waals surface area (Å²) >= 11 is 0. The van der Waals surface area contributed by atoms with Gasteiger partial charge in [-0.15, -0.1) is 0 Å². The number of likely N-dealkylation sites (tertiary alicyclic amines) is 2. The Bertz CT molecular complexity index is 488. The Labute approximate surface area is 140 Å². The molecule has 3 heteroatoms. The van der Waals surface area contributed by atoms with E-state index >= 15 is 0 Å². The highest BCUT2D eigenvalue weighted by molar-refractivity contribution is 5.79. The first-order chi connectivity index (χ1) is 11.2. The van der Waals surface area contributed by atoms with E-state index in [1.807, 2.05) is 0 Å². The van der Waals surface area contributed by atoms with Crippen molar-refractivity contribution in [1.82, 2.24) is 4.90 Å². The lowest BCUT2D eigenvalue weighted by molar-refractivity contribution is -0.907. The van der Waals surface area contributed by atoms with Crippen LogP contribution in [0.1, 0.15) is 50.5 Å². The molecule has 0 spiro atoms. The van der Waals surface area contributed by atoms with Gasteiger partial charge in [-0.1, -0.05) is 37.3 Å². The van der Waals surface area contributed by atoms with E-state index < -0.39 is 0 Å². The molecular weight excluding hydrogens is 284 g/mol. The molecule has 3 rings (SSSR count). The van der Waals surface area contributed by atoms with Crippen molar-refractivity contribution in [2.45, 2.75) is 44.9 Å². The number of carbonyl (C=O) groups is 1. The molecule has 1 atom stereocenters. The molecule has 1 aromatic carbocycles. The maximum atomic E-state index is 12.6. The molecule has 2 aliphatic heterocycles. The standard InChI is InChI=1S/C20H30N2O/c1-17(18-8-4-2-5-9-18)16-21-14-10-19(11-15-21)20(23)22-12-6-3-7-13-22/h2,4-5,8-9,17,19H,3,6-7,10-16H2,1H3/p+1/t17-/m0/s1. The van der Waals surface area contributed by atoms with E-state index in [4.69, 9.17) is 0 Å². The molecule has 0 aliphatic carbocycles. The van der Waals surface area contributed by atoms with E-state index in [2.05, 4.69) is 42.2 Å². The number of piperidine rings is 2. The van der Waals surface area contributed by atoms with E-state index in [0.717, 1.165) is 39.0 Å². The lowest BCUT2D eigenvalue weighted by Crippen LogP contribution is -3.13. The van der Waals surface area contributed by atoms with Crippen molar-refractivity contribution < 1.29 is 9.69 Å². The molecule has 2 fully saturated rings. The fraction of sp³-hybridized carbons (Fsp3) is 0.650. The molecule has 2 heterocycles. The van der Waals surface area contributed by atoms with Crippen molar-refractivity contribution in [3.05, 3.63) is 35.9 Å². The van der Waals surface area contributed by atoms with E-state index in [1.54, 1.807) is 4.90 Å². The molecule has 3 nitrogen and oxygen atoms in total. The van der Waals surface area contributed by atoms with Crippen molar-refractivity contribution in [2.75, 3.05) is 32.7 Å². The molecule has 0 bridgehead atoms. The van der Waals surface area contributed by atoms with Crippen LogP contribution in [0, 0.1) is 5.92 Å². The van der Waals surface area contributed by atoms with Gasteiger partial charge in [-0.2, -0.15) is 0 Å². The highest BCUT2D eigenvalue weighted by Gasteiger charge is 2.31. The van der Waals surface area contributed by atoms with E-state index in [-0.39, 0.29) is 0 Å². The summed E-state index contributed by atoms with van der Waals surface area (Å²) in [5.41, 5.74) is 1.44. The van der Waals surface area contributed by atoms with Crippen LogP contribution in [-0.2, 0) is 4.79 Å². The Morgan fingerprint density at radius 2 is 1.78 bits per heavy atom. The first-order valence-corrected chi connectivity index (χ1v) is 9.41. The summed E-state index contributed by atoms with van der Waals surface area (Å²) in [6.07, 6.45) is 5.84. The van der Waals surface area contributed by atoms with Crippen molar-refractivity contribution in [2.24, 2.45) is 5.92 Å². The van der Waals surface area contributed by atoms with Crippen molar-refractivity contribution >= 4 is 5.91 Å². The van der Waals surface area contributed by atoms with Crippen LogP contribution in [0.15, 0.2) is 30.3 Å². The molecule has 0 unspecified atom stereocenters. The minimum absolute atomic E-state index is 0.295. The lowest BCUT2D eigenvalue weighted by atomic mass is 9.93. The minimum atomic E-state index is 0.295. The highest BCUT2D eigenvalue weighted by atomic mass is 16.2. The monoisotopic (exact) mass is 315 g/mol. The van der Waals surface area contributed by atoms with Crippen LogP contribution in [0.5, 0.6) is 0 Å². The van der Waals surface area contributed by atoms with E-state index in [0.29, 0.717) is 17.7 Å². The van der Waals surface area contributed by atoms with Gasteiger partial charge in [-0.3, -0.25) is 4.79 Å². The number of hydrogen-bond acceptors (Lipinski definition) is 1. The van der Waals surface area contributed by atoms with Crippen molar-refractivity contribution in [1.29, 1.82) is 0 Å². The number of rotatable bonds is 4. The number of nitrogens with zero attached hydrogens (tertiary/aromatic N) is 1. The smallest absolute Gasteiger partial charge is 0.226 e. The lowest BCUT2D eigenvalue weighted by Gasteiger charge is -2.34. The number of carbonyl (C=O) groups excluding carboxylic acids is 1. The maximum absolute atomic E-state index is 12.6. The average molecular weight is 315 g/mol. The molecule has 2 aliphatic rings. The van der Waals surface area contributed by atoms with Crippen molar-refractivity contribution in [3.8, 4) is 0 Å². The zero-order valence-corrected chi connectivity index (χ0v) is 14.5. The van der Waals surface area contributed by atoms with Gasteiger partial charge in [0.1, 0.15) is 0 Å². The Hall–Kier alpha value is -1.35. The first kappa shape index (κ1) is 16.5. The molecule has 126 valence electrons.